The highest BCUT2D eigenvalue weighted by Crippen LogP contribution is 2.32. The van der Waals surface area contributed by atoms with Crippen molar-refractivity contribution in [3.05, 3.63) is 51.2 Å². The maximum Gasteiger partial charge on any atom is 0.255 e. The third kappa shape index (κ3) is 3.70. The average molecular weight is 343 g/mol. The third-order valence-electron chi connectivity index (χ3n) is 3.38. The van der Waals surface area contributed by atoms with Gasteiger partial charge in [0.15, 0.2) is 0 Å². The minimum absolute atomic E-state index is 0. The molecule has 0 spiro atoms. The Morgan fingerprint density at radius 2 is 2.14 bits per heavy atom. The van der Waals surface area contributed by atoms with Gasteiger partial charge in [0.05, 0.1) is 17.1 Å². The summed E-state index contributed by atoms with van der Waals surface area (Å²) in [5.74, 6) is -0.00843. The number of hydrogen-bond acceptors (Lipinski definition) is 3. The van der Waals surface area contributed by atoms with E-state index in [0.717, 1.165) is 12.8 Å². The minimum Gasteiger partial charge on any atom is -0.399 e. The lowest BCUT2D eigenvalue weighted by Crippen LogP contribution is -2.32. The van der Waals surface area contributed by atoms with E-state index in [9.17, 15) is 4.79 Å². The molecule has 0 aliphatic heterocycles. The van der Waals surface area contributed by atoms with Gasteiger partial charge in [-0.25, -0.2) is 0 Å². The maximum atomic E-state index is 12.7. The van der Waals surface area contributed by atoms with Gasteiger partial charge >= 0.3 is 0 Å². The van der Waals surface area contributed by atoms with Gasteiger partial charge < -0.3 is 10.6 Å². The summed E-state index contributed by atoms with van der Waals surface area (Å²) in [4.78, 5) is 15.8. The first-order valence-corrected chi connectivity index (χ1v) is 7.79. The molecule has 6 heteroatoms. The number of nitrogens with two attached hydrogens (primary N) is 1. The third-order valence-corrected chi connectivity index (χ3v) is 4.55. The molecule has 112 valence electrons. The molecule has 1 amide bonds. The van der Waals surface area contributed by atoms with Crippen molar-refractivity contribution >= 4 is 46.9 Å². The van der Waals surface area contributed by atoms with Gasteiger partial charge in [-0.1, -0.05) is 17.7 Å². The van der Waals surface area contributed by atoms with E-state index in [4.69, 9.17) is 17.3 Å². The average Bonchev–Trinajstić information content (AvgIpc) is 3.12. The number of halogens is 2. The molecule has 1 aromatic carbocycles. The fourth-order valence-corrected chi connectivity index (χ4v) is 3.16. The largest absolute Gasteiger partial charge is 0.399 e. The first kappa shape index (κ1) is 16.1. The van der Waals surface area contributed by atoms with Crippen molar-refractivity contribution in [2.75, 3.05) is 5.73 Å². The van der Waals surface area contributed by atoms with E-state index in [-0.39, 0.29) is 18.3 Å². The fourth-order valence-electron chi connectivity index (χ4n) is 2.18. The van der Waals surface area contributed by atoms with Crippen molar-refractivity contribution in [3.63, 3.8) is 0 Å². The van der Waals surface area contributed by atoms with Crippen LogP contribution in [0.5, 0.6) is 0 Å². The second-order valence-electron chi connectivity index (χ2n) is 4.98. The molecule has 1 aliphatic rings. The number of rotatable bonds is 4. The Hall–Kier alpha value is -1.23. The van der Waals surface area contributed by atoms with E-state index in [1.165, 1.54) is 4.88 Å². The molecule has 0 bridgehead atoms. The van der Waals surface area contributed by atoms with Crippen LogP contribution < -0.4 is 5.73 Å². The quantitative estimate of drug-likeness (QED) is 0.846. The Morgan fingerprint density at radius 3 is 2.71 bits per heavy atom. The molecule has 2 N–H and O–H groups in total. The van der Waals surface area contributed by atoms with Crippen LogP contribution in [0.4, 0.5) is 5.69 Å². The Labute approximate surface area is 139 Å². The van der Waals surface area contributed by atoms with Crippen LogP contribution in [0.2, 0.25) is 5.02 Å². The lowest BCUT2D eigenvalue weighted by Gasteiger charge is -2.22. The van der Waals surface area contributed by atoms with Gasteiger partial charge in [0, 0.05) is 16.6 Å². The zero-order valence-corrected chi connectivity index (χ0v) is 13.7. The Balaban J connectivity index is 0.00000161. The molecule has 1 fully saturated rings. The van der Waals surface area contributed by atoms with Gasteiger partial charge in [0.2, 0.25) is 0 Å². The van der Waals surface area contributed by atoms with E-state index < -0.39 is 0 Å². The molecule has 3 rings (SSSR count). The first-order chi connectivity index (χ1) is 9.65. The number of carbonyl (C=O) groups is 1. The van der Waals surface area contributed by atoms with E-state index in [2.05, 4.69) is 6.07 Å². The van der Waals surface area contributed by atoms with Gasteiger partial charge in [0.1, 0.15) is 0 Å². The molecule has 1 aromatic heterocycles. The molecule has 2 aromatic rings. The Kier molecular flexibility index (Phi) is 5.14. The normalized spacial score (nSPS) is 13.6. The molecule has 1 heterocycles. The van der Waals surface area contributed by atoms with Crippen molar-refractivity contribution in [2.45, 2.75) is 25.4 Å². The summed E-state index contributed by atoms with van der Waals surface area (Å²) in [6.07, 6.45) is 2.15. The molecule has 0 unspecified atom stereocenters. The highest BCUT2D eigenvalue weighted by molar-refractivity contribution is 7.09. The summed E-state index contributed by atoms with van der Waals surface area (Å²) in [6.45, 7) is 0.655. The summed E-state index contributed by atoms with van der Waals surface area (Å²) in [7, 11) is 0. The van der Waals surface area contributed by atoms with Gasteiger partial charge in [-0.15, -0.1) is 23.7 Å². The topological polar surface area (TPSA) is 46.3 Å². The number of nitrogen functional groups attached to an aromatic ring is 1. The van der Waals surface area contributed by atoms with Gasteiger partial charge in [-0.3, -0.25) is 4.79 Å². The van der Waals surface area contributed by atoms with Crippen LogP contribution in [-0.4, -0.2) is 16.8 Å². The first-order valence-electron chi connectivity index (χ1n) is 6.53. The smallest absolute Gasteiger partial charge is 0.255 e. The zero-order chi connectivity index (χ0) is 14.1. The zero-order valence-electron chi connectivity index (χ0n) is 11.3. The van der Waals surface area contributed by atoms with Crippen molar-refractivity contribution in [1.29, 1.82) is 0 Å². The predicted molar refractivity (Wildman–Crippen MR) is 90.3 cm³/mol. The summed E-state index contributed by atoms with van der Waals surface area (Å²) in [5.41, 5.74) is 6.78. The van der Waals surface area contributed by atoms with Crippen LogP contribution in [0.15, 0.2) is 35.7 Å². The SMILES string of the molecule is Cl.Nc1ccc(C(=O)N(Cc2cccs2)C2CC2)c(Cl)c1. The Morgan fingerprint density at radius 1 is 1.38 bits per heavy atom. The highest BCUT2D eigenvalue weighted by atomic mass is 35.5. The predicted octanol–water partition coefficient (Wildman–Crippen LogP) is 4.21. The van der Waals surface area contributed by atoms with Crippen LogP contribution in [0.3, 0.4) is 0 Å². The van der Waals surface area contributed by atoms with Crippen molar-refractivity contribution in [3.8, 4) is 0 Å². The van der Waals surface area contributed by atoms with Gasteiger partial charge in [0.25, 0.3) is 5.91 Å². The summed E-state index contributed by atoms with van der Waals surface area (Å²) < 4.78 is 0. The summed E-state index contributed by atoms with van der Waals surface area (Å²) >= 11 is 7.82. The molecule has 0 radical (unpaired) electrons. The monoisotopic (exact) mass is 342 g/mol. The number of thiophene rings is 1. The Bertz CT molecular complexity index is 627. The van der Waals surface area contributed by atoms with Crippen LogP contribution in [0.1, 0.15) is 28.1 Å². The number of amides is 1. The number of anilines is 1. The maximum absolute atomic E-state index is 12.7. The molecule has 21 heavy (non-hydrogen) atoms. The van der Waals surface area contributed by atoms with E-state index in [0.29, 0.717) is 28.9 Å². The molecule has 0 atom stereocenters. The van der Waals surface area contributed by atoms with Crippen molar-refractivity contribution < 1.29 is 4.79 Å². The number of hydrogen-bond donors (Lipinski definition) is 1. The van der Waals surface area contributed by atoms with Crippen molar-refractivity contribution in [2.24, 2.45) is 0 Å². The second kappa shape index (κ2) is 6.69. The van der Waals surface area contributed by atoms with E-state index >= 15 is 0 Å². The van der Waals surface area contributed by atoms with Crippen LogP contribution in [0.25, 0.3) is 0 Å². The van der Waals surface area contributed by atoms with Gasteiger partial charge in [-0.05, 0) is 42.5 Å². The van der Waals surface area contributed by atoms with Gasteiger partial charge in [-0.2, -0.15) is 0 Å². The molecular formula is C15H16Cl2N2OS. The standard InChI is InChI=1S/C15H15ClN2OS.ClH/c16-14-8-10(17)3-6-13(14)15(19)18(11-4-5-11)9-12-2-1-7-20-12;/h1-3,6-8,11H,4-5,9,17H2;1H. The van der Waals surface area contributed by atoms with Crippen LogP contribution >= 0.6 is 35.3 Å². The van der Waals surface area contributed by atoms with E-state index in [1.54, 1.807) is 29.5 Å². The molecule has 1 aliphatic carbocycles. The second-order valence-corrected chi connectivity index (χ2v) is 6.42. The van der Waals surface area contributed by atoms with E-state index in [1.807, 2.05) is 16.3 Å². The molecule has 1 saturated carbocycles. The van der Waals surface area contributed by atoms with Crippen molar-refractivity contribution in [1.82, 2.24) is 4.90 Å². The summed E-state index contributed by atoms with van der Waals surface area (Å²) in [6, 6.07) is 9.46. The number of carbonyl (C=O) groups excluding carboxylic acids is 1. The number of nitrogens with zero attached hydrogens (tertiary/aromatic N) is 1. The van der Waals surface area contributed by atoms with Crippen LogP contribution in [0, 0.1) is 0 Å². The highest BCUT2D eigenvalue weighted by Gasteiger charge is 2.33. The summed E-state index contributed by atoms with van der Waals surface area (Å²) in [5, 5.41) is 2.45. The lowest BCUT2D eigenvalue weighted by atomic mass is 10.1. The number of benzene rings is 1. The van der Waals surface area contributed by atoms with Crippen LogP contribution in [-0.2, 0) is 6.54 Å². The molecular weight excluding hydrogens is 327 g/mol. The molecule has 0 saturated heterocycles. The fraction of sp³-hybridized carbons (Fsp3) is 0.267. The molecule has 3 nitrogen and oxygen atoms in total. The minimum atomic E-state index is -0.00843. The lowest BCUT2D eigenvalue weighted by molar-refractivity contribution is 0.0732.